The van der Waals surface area contributed by atoms with Crippen LogP contribution in [-0.2, 0) is 4.79 Å². The molecule has 0 fully saturated rings. The highest BCUT2D eigenvalue weighted by Gasteiger charge is 2.18. The topological polar surface area (TPSA) is 38.3 Å². The SMILES string of the molecule is COc1ccc(C)cc1NC(=O)C(S)C(C)C. The van der Waals surface area contributed by atoms with E-state index in [9.17, 15) is 4.79 Å². The molecule has 1 rings (SSSR count). The summed E-state index contributed by atoms with van der Waals surface area (Å²) in [6, 6.07) is 5.67. The number of carbonyl (C=O) groups is 1. The number of rotatable bonds is 4. The number of anilines is 1. The summed E-state index contributed by atoms with van der Waals surface area (Å²) in [4.78, 5) is 11.9. The number of nitrogens with one attached hydrogen (secondary N) is 1. The third kappa shape index (κ3) is 3.66. The van der Waals surface area contributed by atoms with Crippen molar-refractivity contribution in [2.45, 2.75) is 26.0 Å². The van der Waals surface area contributed by atoms with Gasteiger partial charge in [-0.1, -0.05) is 19.9 Å². The monoisotopic (exact) mass is 253 g/mol. The van der Waals surface area contributed by atoms with E-state index < -0.39 is 0 Å². The first-order valence-corrected chi connectivity index (χ1v) is 6.11. The Balaban J connectivity index is 2.87. The average Bonchev–Trinajstić information content (AvgIpc) is 2.28. The van der Waals surface area contributed by atoms with E-state index in [0.717, 1.165) is 5.56 Å². The number of hydrogen-bond donors (Lipinski definition) is 2. The number of ether oxygens (including phenoxy) is 1. The van der Waals surface area contributed by atoms with Crippen molar-refractivity contribution in [2.24, 2.45) is 5.92 Å². The molecule has 0 aliphatic rings. The lowest BCUT2D eigenvalue weighted by Crippen LogP contribution is -2.27. The highest BCUT2D eigenvalue weighted by Crippen LogP contribution is 2.26. The molecule has 0 saturated carbocycles. The van der Waals surface area contributed by atoms with Gasteiger partial charge in [0.15, 0.2) is 0 Å². The second kappa shape index (κ2) is 5.96. The van der Waals surface area contributed by atoms with Crippen molar-refractivity contribution in [3.8, 4) is 5.75 Å². The van der Waals surface area contributed by atoms with Crippen LogP contribution in [0.25, 0.3) is 0 Å². The van der Waals surface area contributed by atoms with Crippen LogP contribution in [0.4, 0.5) is 5.69 Å². The van der Waals surface area contributed by atoms with Crippen molar-refractivity contribution in [1.82, 2.24) is 0 Å². The maximum Gasteiger partial charge on any atom is 0.237 e. The molecule has 1 unspecified atom stereocenters. The maximum absolute atomic E-state index is 11.9. The van der Waals surface area contributed by atoms with Crippen molar-refractivity contribution in [1.29, 1.82) is 0 Å². The largest absolute Gasteiger partial charge is 0.495 e. The lowest BCUT2D eigenvalue weighted by Gasteiger charge is -2.16. The molecule has 0 aliphatic heterocycles. The number of methoxy groups -OCH3 is 1. The first kappa shape index (κ1) is 13.9. The first-order valence-electron chi connectivity index (χ1n) is 5.59. The fourth-order valence-electron chi connectivity index (χ4n) is 1.43. The van der Waals surface area contributed by atoms with E-state index in [4.69, 9.17) is 4.74 Å². The van der Waals surface area contributed by atoms with Gasteiger partial charge in [0, 0.05) is 0 Å². The molecule has 0 aliphatic carbocycles. The summed E-state index contributed by atoms with van der Waals surface area (Å²) in [6.07, 6.45) is 0. The zero-order chi connectivity index (χ0) is 13.0. The van der Waals surface area contributed by atoms with Crippen LogP contribution in [0.1, 0.15) is 19.4 Å². The van der Waals surface area contributed by atoms with Crippen LogP contribution >= 0.6 is 12.6 Å². The van der Waals surface area contributed by atoms with E-state index in [1.807, 2.05) is 39.0 Å². The van der Waals surface area contributed by atoms with E-state index in [1.165, 1.54) is 0 Å². The van der Waals surface area contributed by atoms with Gasteiger partial charge >= 0.3 is 0 Å². The van der Waals surface area contributed by atoms with Crippen LogP contribution in [0.2, 0.25) is 0 Å². The van der Waals surface area contributed by atoms with E-state index in [0.29, 0.717) is 11.4 Å². The normalized spacial score (nSPS) is 12.4. The lowest BCUT2D eigenvalue weighted by molar-refractivity contribution is -0.116. The van der Waals surface area contributed by atoms with Crippen LogP contribution in [0.5, 0.6) is 5.75 Å². The molecule has 0 heterocycles. The molecule has 0 aromatic heterocycles. The van der Waals surface area contributed by atoms with Crippen molar-refractivity contribution >= 4 is 24.2 Å². The highest BCUT2D eigenvalue weighted by molar-refractivity contribution is 7.81. The molecule has 94 valence electrons. The lowest BCUT2D eigenvalue weighted by atomic mass is 10.1. The number of thiol groups is 1. The standard InChI is InChI=1S/C13H19NO2S/c1-8(2)12(17)13(15)14-10-7-9(3)5-6-11(10)16-4/h5-8,12,17H,1-4H3,(H,14,15). The molecule has 1 N–H and O–H groups in total. The van der Waals surface area contributed by atoms with Crippen molar-refractivity contribution < 1.29 is 9.53 Å². The summed E-state index contributed by atoms with van der Waals surface area (Å²) in [7, 11) is 1.58. The van der Waals surface area contributed by atoms with Crippen molar-refractivity contribution in [3.05, 3.63) is 23.8 Å². The molecular formula is C13H19NO2S. The van der Waals surface area contributed by atoms with E-state index in [2.05, 4.69) is 17.9 Å². The quantitative estimate of drug-likeness (QED) is 0.810. The first-order chi connectivity index (χ1) is 7.95. The molecular weight excluding hydrogens is 234 g/mol. The minimum Gasteiger partial charge on any atom is -0.495 e. The Hall–Kier alpha value is -1.16. The number of carbonyl (C=O) groups excluding carboxylic acids is 1. The fraction of sp³-hybridized carbons (Fsp3) is 0.462. The minimum atomic E-state index is -0.319. The zero-order valence-electron chi connectivity index (χ0n) is 10.7. The zero-order valence-corrected chi connectivity index (χ0v) is 11.5. The predicted molar refractivity (Wildman–Crippen MR) is 74.0 cm³/mol. The van der Waals surface area contributed by atoms with Crippen LogP contribution in [-0.4, -0.2) is 18.3 Å². The highest BCUT2D eigenvalue weighted by atomic mass is 32.1. The molecule has 3 nitrogen and oxygen atoms in total. The van der Waals surface area contributed by atoms with Crippen molar-refractivity contribution in [3.63, 3.8) is 0 Å². The molecule has 0 radical (unpaired) electrons. The molecule has 0 bridgehead atoms. The Morgan fingerprint density at radius 1 is 1.41 bits per heavy atom. The van der Waals surface area contributed by atoms with Gasteiger partial charge in [-0.2, -0.15) is 12.6 Å². The van der Waals surface area contributed by atoms with Gasteiger partial charge in [0.25, 0.3) is 0 Å². The summed E-state index contributed by atoms with van der Waals surface area (Å²) >= 11 is 4.29. The smallest absolute Gasteiger partial charge is 0.237 e. The van der Waals surface area contributed by atoms with Gasteiger partial charge in [0.2, 0.25) is 5.91 Å². The molecule has 0 saturated heterocycles. The van der Waals surface area contributed by atoms with Gasteiger partial charge < -0.3 is 10.1 Å². The van der Waals surface area contributed by atoms with Gasteiger partial charge in [-0.05, 0) is 30.5 Å². The Kier molecular flexibility index (Phi) is 4.87. The summed E-state index contributed by atoms with van der Waals surface area (Å²) in [5.74, 6) is 0.745. The molecule has 17 heavy (non-hydrogen) atoms. The van der Waals surface area contributed by atoms with E-state index in [1.54, 1.807) is 7.11 Å². The molecule has 1 atom stereocenters. The third-order valence-electron chi connectivity index (χ3n) is 2.51. The average molecular weight is 253 g/mol. The summed E-state index contributed by atoms with van der Waals surface area (Å²) in [6.45, 7) is 5.89. The number of benzene rings is 1. The second-order valence-electron chi connectivity index (χ2n) is 4.38. The Labute approximate surface area is 108 Å². The Morgan fingerprint density at radius 2 is 2.06 bits per heavy atom. The second-order valence-corrected chi connectivity index (χ2v) is 4.94. The van der Waals surface area contributed by atoms with E-state index >= 15 is 0 Å². The van der Waals surface area contributed by atoms with Crippen LogP contribution in [0.15, 0.2) is 18.2 Å². The van der Waals surface area contributed by atoms with Gasteiger partial charge in [0.1, 0.15) is 5.75 Å². The molecule has 0 spiro atoms. The van der Waals surface area contributed by atoms with Gasteiger partial charge in [-0.25, -0.2) is 0 Å². The van der Waals surface area contributed by atoms with Crippen LogP contribution < -0.4 is 10.1 Å². The van der Waals surface area contributed by atoms with Crippen molar-refractivity contribution in [2.75, 3.05) is 12.4 Å². The Morgan fingerprint density at radius 3 is 2.59 bits per heavy atom. The van der Waals surface area contributed by atoms with Crippen LogP contribution in [0, 0.1) is 12.8 Å². The molecule has 1 aromatic carbocycles. The predicted octanol–water partition coefficient (Wildman–Crippen LogP) is 2.90. The summed E-state index contributed by atoms with van der Waals surface area (Å²) < 4.78 is 5.20. The van der Waals surface area contributed by atoms with Crippen LogP contribution in [0.3, 0.4) is 0 Å². The molecule has 1 aromatic rings. The Bertz CT molecular complexity index is 404. The fourth-order valence-corrected chi connectivity index (χ4v) is 1.49. The van der Waals surface area contributed by atoms with Gasteiger partial charge in [-0.15, -0.1) is 0 Å². The number of hydrogen-bond acceptors (Lipinski definition) is 3. The maximum atomic E-state index is 11.9. The molecule has 1 amide bonds. The van der Waals surface area contributed by atoms with Gasteiger partial charge in [0.05, 0.1) is 18.0 Å². The number of amides is 1. The summed E-state index contributed by atoms with van der Waals surface area (Å²) in [5.41, 5.74) is 1.76. The van der Waals surface area contributed by atoms with Gasteiger partial charge in [-0.3, -0.25) is 4.79 Å². The minimum absolute atomic E-state index is 0.104. The third-order valence-corrected chi connectivity index (χ3v) is 3.34. The molecule has 4 heteroatoms. The number of aryl methyl sites for hydroxylation is 1. The summed E-state index contributed by atoms with van der Waals surface area (Å²) in [5, 5.41) is 2.52. The van der Waals surface area contributed by atoms with E-state index in [-0.39, 0.29) is 17.1 Å².